The quantitative estimate of drug-likeness (QED) is 0.706. The normalized spacial score (nSPS) is 10.7. The number of H-pyrrole nitrogens is 1. The van der Waals surface area contributed by atoms with Crippen LogP contribution in [0.25, 0.3) is 11.0 Å². The van der Waals surface area contributed by atoms with Crippen LogP contribution < -0.4 is 5.32 Å². The number of nitrogens with one attached hydrogen (secondary N) is 2. The summed E-state index contributed by atoms with van der Waals surface area (Å²) >= 11 is 0. The van der Waals surface area contributed by atoms with Crippen LogP contribution in [0.3, 0.4) is 0 Å². The molecule has 0 amide bonds. The topological polar surface area (TPSA) is 67.0 Å². The second-order valence-electron chi connectivity index (χ2n) is 5.38. The Morgan fingerprint density at radius 3 is 2.74 bits per heavy atom. The lowest BCUT2D eigenvalue weighted by atomic mass is 10.1. The highest BCUT2D eigenvalue weighted by Gasteiger charge is 2.06. The molecule has 0 aliphatic carbocycles. The highest BCUT2D eigenvalue weighted by Crippen LogP contribution is 2.16. The van der Waals surface area contributed by atoms with Gasteiger partial charge in [-0.25, -0.2) is 9.78 Å². The molecule has 3 rings (SSSR count). The average molecular weight is 309 g/mol. The number of rotatable bonds is 5. The molecule has 5 nitrogen and oxygen atoms in total. The third kappa shape index (κ3) is 3.51. The molecule has 1 heterocycles. The molecule has 0 saturated carbocycles. The molecule has 0 radical (unpaired) electrons. The lowest BCUT2D eigenvalue weighted by Crippen LogP contribution is -2.05. The number of imidazole rings is 1. The summed E-state index contributed by atoms with van der Waals surface area (Å²) in [5.74, 6) is 0.444. The van der Waals surface area contributed by atoms with Crippen molar-refractivity contribution in [1.82, 2.24) is 9.97 Å². The molecule has 0 unspecified atom stereocenters. The monoisotopic (exact) mass is 309 g/mol. The first kappa shape index (κ1) is 15.1. The van der Waals surface area contributed by atoms with Gasteiger partial charge in [-0.05, 0) is 49.2 Å². The summed E-state index contributed by atoms with van der Waals surface area (Å²) in [7, 11) is 0. The molecular formula is C18H19N3O2. The lowest BCUT2D eigenvalue weighted by Gasteiger charge is -2.05. The average Bonchev–Trinajstić information content (AvgIpc) is 2.95. The smallest absolute Gasteiger partial charge is 0.338 e. The van der Waals surface area contributed by atoms with Gasteiger partial charge >= 0.3 is 5.97 Å². The maximum absolute atomic E-state index is 11.6. The zero-order valence-corrected chi connectivity index (χ0v) is 13.2. The summed E-state index contributed by atoms with van der Waals surface area (Å²) in [6, 6.07) is 13.5. The highest BCUT2D eigenvalue weighted by molar-refractivity contribution is 5.89. The molecular weight excluding hydrogens is 290 g/mol. The van der Waals surface area contributed by atoms with Crippen LogP contribution in [0.15, 0.2) is 42.5 Å². The Morgan fingerprint density at radius 1 is 1.22 bits per heavy atom. The van der Waals surface area contributed by atoms with E-state index >= 15 is 0 Å². The van der Waals surface area contributed by atoms with Gasteiger partial charge in [0.1, 0.15) is 0 Å². The number of anilines is 1. The fourth-order valence-electron chi connectivity index (χ4n) is 2.37. The number of benzene rings is 2. The number of fused-ring (bicyclic) bond motifs is 1. The Morgan fingerprint density at radius 2 is 2.00 bits per heavy atom. The standard InChI is InChI=1S/C18H19N3O2/c1-3-23-17(22)14-7-5-13(6-8-14)11-19-18-20-15-9-4-12(2)10-16(15)21-18/h4-10H,3,11H2,1-2H3,(H2,19,20,21). The molecule has 3 aromatic rings. The number of carbonyl (C=O) groups excluding carboxylic acids is 1. The van der Waals surface area contributed by atoms with Crippen LogP contribution >= 0.6 is 0 Å². The van der Waals surface area contributed by atoms with Crippen molar-refractivity contribution in [3.05, 3.63) is 59.2 Å². The van der Waals surface area contributed by atoms with E-state index in [9.17, 15) is 4.79 Å². The van der Waals surface area contributed by atoms with Gasteiger partial charge in [0.15, 0.2) is 0 Å². The molecule has 118 valence electrons. The van der Waals surface area contributed by atoms with Crippen molar-refractivity contribution in [3.63, 3.8) is 0 Å². The molecule has 0 saturated heterocycles. The Balaban J connectivity index is 1.66. The number of nitrogens with zero attached hydrogens (tertiary/aromatic N) is 1. The first-order valence-corrected chi connectivity index (χ1v) is 7.62. The van der Waals surface area contributed by atoms with Gasteiger partial charge in [-0.15, -0.1) is 0 Å². The van der Waals surface area contributed by atoms with Crippen LogP contribution in [0, 0.1) is 6.92 Å². The van der Waals surface area contributed by atoms with E-state index in [1.807, 2.05) is 24.3 Å². The van der Waals surface area contributed by atoms with Crippen LogP contribution in [0.1, 0.15) is 28.4 Å². The third-order valence-corrected chi connectivity index (χ3v) is 3.56. The van der Waals surface area contributed by atoms with E-state index in [1.165, 1.54) is 5.56 Å². The van der Waals surface area contributed by atoms with Gasteiger partial charge in [0.05, 0.1) is 23.2 Å². The zero-order chi connectivity index (χ0) is 16.2. The summed E-state index contributed by atoms with van der Waals surface area (Å²) < 4.78 is 4.97. The summed E-state index contributed by atoms with van der Waals surface area (Å²) in [5, 5.41) is 3.26. The zero-order valence-electron chi connectivity index (χ0n) is 13.2. The van der Waals surface area contributed by atoms with Gasteiger partial charge in [0.2, 0.25) is 5.95 Å². The molecule has 0 spiro atoms. The molecule has 0 fully saturated rings. The van der Waals surface area contributed by atoms with E-state index in [0.717, 1.165) is 22.5 Å². The molecule has 5 heteroatoms. The molecule has 0 aliphatic heterocycles. The van der Waals surface area contributed by atoms with E-state index in [4.69, 9.17) is 4.74 Å². The van der Waals surface area contributed by atoms with E-state index < -0.39 is 0 Å². The van der Waals surface area contributed by atoms with Crippen LogP contribution in [0.2, 0.25) is 0 Å². The van der Waals surface area contributed by atoms with Gasteiger partial charge in [-0.3, -0.25) is 0 Å². The number of aromatic amines is 1. The Hall–Kier alpha value is -2.82. The van der Waals surface area contributed by atoms with Gasteiger partial charge in [0.25, 0.3) is 0 Å². The van der Waals surface area contributed by atoms with Crippen molar-refractivity contribution in [2.75, 3.05) is 11.9 Å². The van der Waals surface area contributed by atoms with Crippen molar-refractivity contribution in [2.45, 2.75) is 20.4 Å². The first-order chi connectivity index (χ1) is 11.2. The van der Waals surface area contributed by atoms with Gasteiger partial charge in [-0.1, -0.05) is 18.2 Å². The maximum atomic E-state index is 11.6. The van der Waals surface area contributed by atoms with Gasteiger partial charge in [-0.2, -0.15) is 0 Å². The van der Waals surface area contributed by atoms with Crippen LogP contribution in [-0.2, 0) is 11.3 Å². The maximum Gasteiger partial charge on any atom is 0.338 e. The predicted octanol–water partition coefficient (Wildman–Crippen LogP) is 3.66. The first-order valence-electron chi connectivity index (χ1n) is 7.62. The number of hydrogen-bond acceptors (Lipinski definition) is 4. The third-order valence-electron chi connectivity index (χ3n) is 3.56. The van der Waals surface area contributed by atoms with Crippen molar-refractivity contribution in [1.29, 1.82) is 0 Å². The van der Waals surface area contributed by atoms with Crippen LogP contribution in [0.4, 0.5) is 5.95 Å². The minimum atomic E-state index is -0.292. The SMILES string of the molecule is CCOC(=O)c1ccc(CNc2nc3ccc(C)cc3[nH]2)cc1. The second-order valence-corrected chi connectivity index (χ2v) is 5.38. The predicted molar refractivity (Wildman–Crippen MR) is 90.6 cm³/mol. The van der Waals surface area contributed by atoms with Crippen molar-refractivity contribution in [3.8, 4) is 0 Å². The number of aryl methyl sites for hydroxylation is 1. The number of esters is 1. The molecule has 2 N–H and O–H groups in total. The number of aromatic nitrogens is 2. The summed E-state index contributed by atoms with van der Waals surface area (Å²) in [6.07, 6.45) is 0. The van der Waals surface area contributed by atoms with Crippen molar-refractivity contribution >= 4 is 23.0 Å². The van der Waals surface area contributed by atoms with E-state index in [1.54, 1.807) is 19.1 Å². The minimum Gasteiger partial charge on any atom is -0.462 e. The molecule has 23 heavy (non-hydrogen) atoms. The summed E-state index contributed by atoms with van der Waals surface area (Å²) in [6.45, 7) is 4.86. The largest absolute Gasteiger partial charge is 0.462 e. The van der Waals surface area contributed by atoms with Crippen LogP contribution in [-0.4, -0.2) is 22.5 Å². The van der Waals surface area contributed by atoms with Crippen molar-refractivity contribution < 1.29 is 9.53 Å². The number of carbonyl (C=O) groups is 1. The Kier molecular flexibility index (Phi) is 4.28. The van der Waals surface area contributed by atoms with E-state index in [-0.39, 0.29) is 5.97 Å². The van der Waals surface area contributed by atoms with E-state index in [0.29, 0.717) is 18.7 Å². The lowest BCUT2D eigenvalue weighted by molar-refractivity contribution is 0.0526. The number of hydrogen-bond donors (Lipinski definition) is 2. The van der Waals surface area contributed by atoms with Gasteiger partial charge in [0, 0.05) is 6.54 Å². The van der Waals surface area contributed by atoms with E-state index in [2.05, 4.69) is 28.3 Å². The second kappa shape index (κ2) is 6.52. The summed E-state index contributed by atoms with van der Waals surface area (Å²) in [4.78, 5) is 19.4. The van der Waals surface area contributed by atoms with Gasteiger partial charge < -0.3 is 15.0 Å². The molecule has 0 atom stereocenters. The molecule has 2 aromatic carbocycles. The molecule has 1 aromatic heterocycles. The minimum absolute atomic E-state index is 0.292. The fraction of sp³-hybridized carbons (Fsp3) is 0.222. The summed E-state index contributed by atoms with van der Waals surface area (Å²) in [5.41, 5.74) is 4.78. The van der Waals surface area contributed by atoms with Crippen LogP contribution in [0.5, 0.6) is 0 Å². The molecule has 0 bridgehead atoms. The number of ether oxygens (including phenoxy) is 1. The van der Waals surface area contributed by atoms with Crippen molar-refractivity contribution in [2.24, 2.45) is 0 Å². The highest BCUT2D eigenvalue weighted by atomic mass is 16.5. The molecule has 0 aliphatic rings. The Labute approximate surface area is 134 Å². The fourth-order valence-corrected chi connectivity index (χ4v) is 2.37. The Bertz CT molecular complexity index is 822.